The van der Waals surface area contributed by atoms with Gasteiger partial charge in [-0.2, -0.15) is 0 Å². The summed E-state index contributed by atoms with van der Waals surface area (Å²) in [6, 6.07) is 53.4. The van der Waals surface area contributed by atoms with Crippen LogP contribution in [0.5, 0.6) is 0 Å². The molecule has 0 aliphatic rings. The van der Waals surface area contributed by atoms with Gasteiger partial charge in [0.15, 0.2) is 0 Å². The molecule has 584 valence electrons. The summed E-state index contributed by atoms with van der Waals surface area (Å²) >= 11 is -3.11. The van der Waals surface area contributed by atoms with Crippen molar-refractivity contribution in [3.63, 3.8) is 0 Å². The molecule has 0 aliphatic carbocycles. The zero-order valence-electron chi connectivity index (χ0n) is 67.6. The van der Waals surface area contributed by atoms with Crippen molar-refractivity contribution in [2.75, 3.05) is 40.5 Å². The first-order chi connectivity index (χ1) is 49.3. The van der Waals surface area contributed by atoms with E-state index in [2.05, 4.69) is 243 Å². The molecule has 0 amide bonds. The van der Waals surface area contributed by atoms with Crippen molar-refractivity contribution in [1.82, 2.24) is 0 Å². The van der Waals surface area contributed by atoms with Crippen LogP contribution in [0.3, 0.4) is 0 Å². The summed E-state index contributed by atoms with van der Waals surface area (Å²) in [7, 11) is 21.8. The molecule has 6 rings (SSSR count). The summed E-state index contributed by atoms with van der Waals surface area (Å²) in [6.45, 7) is 42.7. The van der Waals surface area contributed by atoms with E-state index in [0.29, 0.717) is 43.9 Å². The Kier molecular flexibility index (Phi) is 42.9. The Morgan fingerprint density at radius 2 is 0.610 bits per heavy atom. The van der Waals surface area contributed by atoms with E-state index >= 15 is 0 Å². The third kappa shape index (κ3) is 35.3. The van der Waals surface area contributed by atoms with Crippen LogP contribution in [0, 0.1) is 0 Å². The zero-order valence-corrected chi connectivity index (χ0v) is 72.1. The minimum absolute atomic E-state index is 0.0367. The second-order valence-electron chi connectivity index (χ2n) is 33.6. The van der Waals surface area contributed by atoms with Gasteiger partial charge in [0.1, 0.15) is 0 Å². The van der Waals surface area contributed by atoms with Crippen molar-refractivity contribution in [3.05, 3.63) is 238 Å². The van der Waals surface area contributed by atoms with Gasteiger partial charge in [0.25, 0.3) is 0 Å². The molecule has 0 N–H and O–H groups in total. The van der Waals surface area contributed by atoms with Gasteiger partial charge >= 0.3 is 49.6 Å². The van der Waals surface area contributed by atoms with Gasteiger partial charge in [-0.05, 0) is 255 Å². The van der Waals surface area contributed by atoms with Crippen LogP contribution >= 0.6 is 37.2 Å². The molecule has 0 aliphatic heterocycles. The topological polar surface area (TPSA) is 9.23 Å². The molecule has 0 fully saturated rings. The molecule has 6 aromatic rings. The molecule has 0 saturated carbocycles. The van der Waals surface area contributed by atoms with Crippen LogP contribution in [-0.2, 0) is 49.8 Å². The third-order valence-electron chi connectivity index (χ3n) is 22.1. The number of rotatable bonds is 43. The van der Waals surface area contributed by atoms with Crippen molar-refractivity contribution in [1.29, 1.82) is 0 Å². The Morgan fingerprint density at radius 1 is 0.352 bits per heavy atom. The summed E-state index contributed by atoms with van der Waals surface area (Å²) < 4.78 is 73.3. The van der Waals surface area contributed by atoms with E-state index in [9.17, 15) is 22.0 Å². The van der Waals surface area contributed by atoms with Gasteiger partial charge in [-0.25, -0.2) is 0 Å². The molecule has 0 bridgehead atoms. The normalized spacial score (nSPS) is 13.4. The maximum atomic E-state index is 14.2. The Hall–Kier alpha value is -3.98. The van der Waals surface area contributed by atoms with Crippen LogP contribution < -0.4 is 0 Å². The van der Waals surface area contributed by atoms with E-state index in [1.165, 1.54) is 61.2 Å². The van der Waals surface area contributed by atoms with E-state index < -0.39 is 12.3 Å². The average molecular weight is 1570 g/mol. The second kappa shape index (κ2) is 47.3. The van der Waals surface area contributed by atoms with Crippen molar-refractivity contribution >= 4 is 48.9 Å². The summed E-state index contributed by atoms with van der Waals surface area (Å²) in [4.78, 5) is 0. The molecule has 0 aromatic heterocycles. The van der Waals surface area contributed by atoms with Gasteiger partial charge in [0.05, 0.1) is 39.0 Å². The molecular weight excluding hydrogens is 1430 g/mol. The van der Waals surface area contributed by atoms with Crippen LogP contribution in [0.2, 0.25) is 0 Å². The van der Waals surface area contributed by atoms with Gasteiger partial charge in [-0.1, -0.05) is 277 Å². The zero-order chi connectivity index (χ0) is 78.7. The Bertz CT molecular complexity index is 3360. The first-order valence-electron chi connectivity index (χ1n) is 39.0. The number of hydrogen-bond donors (Lipinski definition) is 0. The SMILES string of the molecule is C=C(C)C.C=C(C)c1ccc(C(C)(C)CCCCC(CCCCF)c2ccc(C(C)(C)CCC(CCCCC(CCF)c3ccc(C(C)(C)CCF)cc3)c3ccc(C(C)(C)CCC(CCF)c4ccc(C(C)(C)CCCCF)cc4)cc3)cc2)cc1.C=Cc1ccc(C(C)(C)OC)cc1.[Cl][Ti]([Cl])([Cl])[Cl]. The molecule has 0 heterocycles. The van der Waals surface area contributed by atoms with Gasteiger partial charge in [0, 0.05) is 7.11 Å². The van der Waals surface area contributed by atoms with Gasteiger partial charge in [0.2, 0.25) is 0 Å². The summed E-state index contributed by atoms with van der Waals surface area (Å²) in [5, 5.41) is 0. The fourth-order valence-corrected chi connectivity index (χ4v) is 14.3. The van der Waals surface area contributed by atoms with Gasteiger partial charge in [-0.15, -0.1) is 6.58 Å². The Balaban J connectivity index is 0.00000111. The predicted molar refractivity (Wildman–Crippen MR) is 450 cm³/mol. The number of unbranched alkanes of at least 4 members (excludes halogenated alkanes) is 4. The summed E-state index contributed by atoms with van der Waals surface area (Å²) in [5.41, 5.74) is 16.7. The summed E-state index contributed by atoms with van der Waals surface area (Å²) in [5.74, 6) is 1.04. The van der Waals surface area contributed by atoms with Crippen molar-refractivity contribution in [3.8, 4) is 0 Å². The Morgan fingerprint density at radius 3 is 0.914 bits per heavy atom. The fraction of sp³-hybridized carbons (Fsp3) is 0.553. The molecular formula is C94H135Cl4F5OTi. The minimum atomic E-state index is -3.11. The van der Waals surface area contributed by atoms with Crippen molar-refractivity contribution in [2.45, 2.75) is 295 Å². The number of alkyl halides is 5. The van der Waals surface area contributed by atoms with E-state index in [-0.39, 0.29) is 77.9 Å². The molecule has 11 heteroatoms. The van der Waals surface area contributed by atoms with E-state index in [1.54, 1.807) is 7.11 Å². The van der Waals surface area contributed by atoms with Crippen LogP contribution in [0.25, 0.3) is 11.6 Å². The van der Waals surface area contributed by atoms with Crippen LogP contribution in [0.4, 0.5) is 22.0 Å². The van der Waals surface area contributed by atoms with Crippen LogP contribution in [-0.4, -0.2) is 40.5 Å². The second-order valence-corrected chi connectivity index (χ2v) is 49.0. The predicted octanol–water partition coefficient (Wildman–Crippen LogP) is 31.8. The third-order valence-corrected chi connectivity index (χ3v) is 22.1. The molecule has 1 nitrogen and oxygen atoms in total. The van der Waals surface area contributed by atoms with Crippen LogP contribution in [0.1, 0.15) is 329 Å². The maximum absolute atomic E-state index is 14.2. The molecule has 4 unspecified atom stereocenters. The quantitative estimate of drug-likeness (QED) is 0.0160. The molecule has 105 heavy (non-hydrogen) atoms. The fourth-order valence-electron chi connectivity index (χ4n) is 14.3. The van der Waals surface area contributed by atoms with Crippen molar-refractivity contribution < 1.29 is 39.0 Å². The first kappa shape index (κ1) is 95.2. The van der Waals surface area contributed by atoms with Crippen LogP contribution in [0.15, 0.2) is 171 Å². The van der Waals surface area contributed by atoms with E-state index in [1.807, 2.05) is 32.1 Å². The Labute approximate surface area is 656 Å². The molecule has 4 atom stereocenters. The van der Waals surface area contributed by atoms with Gasteiger partial charge < -0.3 is 4.74 Å². The summed E-state index contributed by atoms with van der Waals surface area (Å²) in [6.07, 6.45) is 20.7. The molecule has 6 aromatic carbocycles. The standard InChI is InChI=1S/C78H111F5.C12H16O.C4H8.4ClH.Ti/c1-59(2)60-25-35-69(36-26-60)74(3,4)49-17-15-23-61(24-16-19-54-79)64-27-39-71(40-28-64)76(7,8)51-45-62(21-13-14-22-63(47-56-81)66-31-43-73(44-32-66)78(11,12)53-58-83)65-29-41-72(42-30-65)77(9,10)52-46-68(48-57-82)67-33-37-70(38-34-67)75(5,6)50-18-20-55-80;1-5-10-6-8-11(9-7-10)12(2,3)13-4;1-4(2)3;;;;;/h25-44,61-63,68H,1,13-24,45-58H2,2-12H3;5-9H,1H2,2-4H3;1H2,2-3H3;4*1H;/q;;;;;;;+4/p-4. The molecule has 0 saturated heterocycles. The number of hydrogen-bond acceptors (Lipinski definition) is 1. The van der Waals surface area contributed by atoms with E-state index in [4.69, 9.17) is 42.0 Å². The molecule has 0 radical (unpaired) electrons. The monoisotopic (exact) mass is 1560 g/mol. The van der Waals surface area contributed by atoms with Crippen molar-refractivity contribution in [2.24, 2.45) is 0 Å². The van der Waals surface area contributed by atoms with Gasteiger partial charge in [-0.3, -0.25) is 22.0 Å². The first-order valence-corrected chi connectivity index (χ1v) is 47.6. The number of ether oxygens (including phenoxy) is 1. The average Bonchev–Trinajstić information content (AvgIpc) is 0.828. The number of halogens is 9. The number of methoxy groups -OCH3 is 1. The van der Waals surface area contributed by atoms with E-state index in [0.717, 1.165) is 119 Å². The number of benzene rings is 6. The molecule has 0 spiro atoms. The number of allylic oxidation sites excluding steroid dienone is 2.